The van der Waals surface area contributed by atoms with Crippen molar-refractivity contribution >= 4 is 39.1 Å². The highest BCUT2D eigenvalue weighted by atomic mass is 32.2. The number of fused-ring (bicyclic) bond motifs is 1. The van der Waals surface area contributed by atoms with E-state index in [0.717, 1.165) is 27.6 Å². The maximum Gasteiger partial charge on any atom is 0.253 e. The van der Waals surface area contributed by atoms with E-state index in [0.29, 0.717) is 30.6 Å². The van der Waals surface area contributed by atoms with Crippen molar-refractivity contribution in [2.75, 3.05) is 29.6 Å². The van der Waals surface area contributed by atoms with Gasteiger partial charge in [-0.1, -0.05) is 0 Å². The molecule has 0 spiro atoms. The second-order valence-electron chi connectivity index (χ2n) is 8.17. The number of anilines is 1. The van der Waals surface area contributed by atoms with E-state index in [1.54, 1.807) is 35.8 Å². The number of aryl methyl sites for hydroxylation is 1. The van der Waals surface area contributed by atoms with Crippen LogP contribution in [0.5, 0.6) is 0 Å². The monoisotopic (exact) mass is 462 g/mol. The van der Waals surface area contributed by atoms with Gasteiger partial charge in [0, 0.05) is 47.5 Å². The maximum absolute atomic E-state index is 13.1. The Labute approximate surface area is 186 Å². The Morgan fingerprint density at radius 2 is 2.13 bits per heavy atom. The number of sulfone groups is 1. The molecule has 4 rings (SSSR count). The molecular weight excluding hydrogens is 436 g/mol. The number of aromatic nitrogens is 2. The van der Waals surface area contributed by atoms with E-state index in [-0.39, 0.29) is 29.4 Å². The van der Waals surface area contributed by atoms with E-state index >= 15 is 0 Å². The zero-order valence-corrected chi connectivity index (χ0v) is 19.5. The Kier molecular flexibility index (Phi) is 5.87. The van der Waals surface area contributed by atoms with Crippen LogP contribution in [-0.2, 0) is 21.2 Å². The smallest absolute Gasteiger partial charge is 0.253 e. The Morgan fingerprint density at radius 3 is 2.84 bits per heavy atom. The van der Waals surface area contributed by atoms with Crippen LogP contribution >= 0.6 is 11.8 Å². The van der Waals surface area contributed by atoms with Crippen LogP contribution in [0.15, 0.2) is 23.1 Å². The van der Waals surface area contributed by atoms with E-state index in [4.69, 9.17) is 0 Å². The number of hydrogen-bond donors (Lipinski definition) is 1. The zero-order chi connectivity index (χ0) is 22.3. The van der Waals surface area contributed by atoms with Gasteiger partial charge >= 0.3 is 0 Å². The van der Waals surface area contributed by atoms with Gasteiger partial charge in [0.1, 0.15) is 0 Å². The van der Waals surface area contributed by atoms with Crippen molar-refractivity contribution in [1.29, 1.82) is 0 Å². The normalized spacial score (nSPS) is 20.1. The van der Waals surface area contributed by atoms with Crippen LogP contribution in [0, 0.1) is 13.8 Å². The molecule has 2 aliphatic heterocycles. The van der Waals surface area contributed by atoms with E-state index in [2.05, 4.69) is 10.4 Å². The SMILES string of the molecule is Cc1nn(C2CCS(=O)(=O)C2)c(C)c1CN(C)C(=O)c1ccc2c(c1)NC(=O)CCS2. The van der Waals surface area contributed by atoms with Crippen LogP contribution in [0.2, 0.25) is 0 Å². The zero-order valence-electron chi connectivity index (χ0n) is 17.8. The number of benzene rings is 1. The predicted octanol–water partition coefficient (Wildman–Crippen LogP) is 2.57. The molecule has 0 saturated carbocycles. The molecule has 1 aromatic carbocycles. The molecule has 1 atom stereocenters. The molecule has 2 aromatic rings. The molecule has 1 aromatic heterocycles. The number of rotatable bonds is 4. The van der Waals surface area contributed by atoms with Gasteiger partial charge in [-0.05, 0) is 38.5 Å². The summed E-state index contributed by atoms with van der Waals surface area (Å²) < 4.78 is 25.5. The third kappa shape index (κ3) is 4.50. The fourth-order valence-electron chi connectivity index (χ4n) is 4.13. The number of hydrogen-bond acceptors (Lipinski definition) is 6. The van der Waals surface area contributed by atoms with Crippen LogP contribution in [-0.4, -0.2) is 59.2 Å². The fraction of sp³-hybridized carbons (Fsp3) is 0.476. The average molecular weight is 463 g/mol. The summed E-state index contributed by atoms with van der Waals surface area (Å²) in [6.07, 6.45) is 1.02. The second kappa shape index (κ2) is 8.31. The molecular formula is C21H26N4O4S2. The molecule has 31 heavy (non-hydrogen) atoms. The number of amides is 2. The van der Waals surface area contributed by atoms with Gasteiger partial charge in [-0.15, -0.1) is 11.8 Å². The van der Waals surface area contributed by atoms with Crippen molar-refractivity contribution in [2.45, 2.75) is 44.2 Å². The van der Waals surface area contributed by atoms with Gasteiger partial charge in [0.15, 0.2) is 9.84 Å². The van der Waals surface area contributed by atoms with Gasteiger partial charge < -0.3 is 10.2 Å². The lowest BCUT2D eigenvalue weighted by molar-refractivity contribution is -0.115. The summed E-state index contributed by atoms with van der Waals surface area (Å²) >= 11 is 1.60. The third-order valence-corrected chi connectivity index (χ3v) is 8.68. The van der Waals surface area contributed by atoms with Crippen LogP contribution in [0.25, 0.3) is 0 Å². The Morgan fingerprint density at radius 1 is 1.35 bits per heavy atom. The lowest BCUT2D eigenvalue weighted by Gasteiger charge is -2.19. The molecule has 0 radical (unpaired) electrons. The fourth-order valence-corrected chi connectivity index (χ4v) is 6.76. The molecule has 0 aliphatic carbocycles. The minimum atomic E-state index is -3.01. The largest absolute Gasteiger partial charge is 0.337 e. The van der Waals surface area contributed by atoms with Crippen molar-refractivity contribution in [1.82, 2.24) is 14.7 Å². The summed E-state index contributed by atoms with van der Waals surface area (Å²) in [5.41, 5.74) is 3.80. The molecule has 3 heterocycles. The molecule has 0 bridgehead atoms. The highest BCUT2D eigenvalue weighted by Gasteiger charge is 2.31. The Bertz CT molecular complexity index is 1160. The van der Waals surface area contributed by atoms with Crippen molar-refractivity contribution < 1.29 is 18.0 Å². The number of thioether (sulfide) groups is 1. The van der Waals surface area contributed by atoms with Gasteiger partial charge in [0.2, 0.25) is 5.91 Å². The van der Waals surface area contributed by atoms with E-state index < -0.39 is 9.84 Å². The molecule has 1 N–H and O–H groups in total. The van der Waals surface area contributed by atoms with E-state index in [9.17, 15) is 18.0 Å². The summed E-state index contributed by atoms with van der Waals surface area (Å²) in [7, 11) is -1.27. The van der Waals surface area contributed by atoms with Gasteiger partial charge in [0.25, 0.3) is 5.91 Å². The lowest BCUT2D eigenvalue weighted by atomic mass is 10.1. The van der Waals surface area contributed by atoms with Gasteiger partial charge in [0.05, 0.1) is 28.9 Å². The number of carbonyl (C=O) groups excluding carboxylic acids is 2. The first-order chi connectivity index (χ1) is 14.6. The van der Waals surface area contributed by atoms with Crippen LogP contribution in [0.3, 0.4) is 0 Å². The van der Waals surface area contributed by atoms with Crippen molar-refractivity contribution in [3.8, 4) is 0 Å². The summed E-state index contributed by atoms with van der Waals surface area (Å²) in [5.74, 6) is 0.827. The van der Waals surface area contributed by atoms with Gasteiger partial charge in [-0.3, -0.25) is 14.3 Å². The highest BCUT2D eigenvalue weighted by Crippen LogP contribution is 2.32. The molecule has 2 aliphatic rings. The average Bonchev–Trinajstić information content (AvgIpc) is 3.13. The predicted molar refractivity (Wildman–Crippen MR) is 120 cm³/mol. The second-order valence-corrected chi connectivity index (χ2v) is 11.5. The van der Waals surface area contributed by atoms with Crippen molar-refractivity contribution in [3.05, 3.63) is 40.7 Å². The van der Waals surface area contributed by atoms with Crippen LogP contribution in [0.4, 0.5) is 5.69 Å². The maximum atomic E-state index is 13.1. The Balaban J connectivity index is 1.53. The third-order valence-electron chi connectivity index (χ3n) is 5.86. The molecule has 166 valence electrons. The molecule has 1 fully saturated rings. The van der Waals surface area contributed by atoms with Crippen molar-refractivity contribution in [2.24, 2.45) is 0 Å². The van der Waals surface area contributed by atoms with Crippen molar-refractivity contribution in [3.63, 3.8) is 0 Å². The Hall–Kier alpha value is -2.33. The van der Waals surface area contributed by atoms with E-state index in [1.165, 1.54) is 0 Å². The topological polar surface area (TPSA) is 101 Å². The van der Waals surface area contributed by atoms with Gasteiger partial charge in [-0.2, -0.15) is 5.10 Å². The molecule has 8 nitrogen and oxygen atoms in total. The lowest BCUT2D eigenvalue weighted by Crippen LogP contribution is -2.27. The molecule has 2 amide bonds. The first kappa shape index (κ1) is 21.9. The number of nitrogens with zero attached hydrogens (tertiary/aromatic N) is 3. The molecule has 1 unspecified atom stereocenters. The standard InChI is InChI=1S/C21H26N4O4S2/c1-13-17(14(2)25(23-13)16-7-9-31(28,29)12-16)11-24(3)21(27)15-4-5-19-18(10-15)22-20(26)6-8-30-19/h4-5,10,16H,6-9,11-12H2,1-3H3,(H,22,26). The van der Waals surface area contributed by atoms with E-state index in [1.807, 2.05) is 24.6 Å². The molecule has 10 heteroatoms. The molecule has 1 saturated heterocycles. The first-order valence-corrected chi connectivity index (χ1v) is 13.0. The summed E-state index contributed by atoms with van der Waals surface area (Å²) in [6.45, 7) is 4.18. The van der Waals surface area contributed by atoms with Gasteiger partial charge in [-0.25, -0.2) is 8.42 Å². The minimum Gasteiger partial charge on any atom is -0.337 e. The minimum absolute atomic E-state index is 0.0446. The highest BCUT2D eigenvalue weighted by molar-refractivity contribution is 7.99. The number of nitrogens with one attached hydrogen (secondary N) is 1. The van der Waals surface area contributed by atoms with Crippen LogP contribution in [0.1, 0.15) is 46.2 Å². The quantitative estimate of drug-likeness (QED) is 0.749. The first-order valence-electron chi connectivity index (χ1n) is 10.2. The summed E-state index contributed by atoms with van der Waals surface area (Å²) in [4.78, 5) is 27.5. The number of carbonyl (C=O) groups is 2. The summed E-state index contributed by atoms with van der Waals surface area (Å²) in [6, 6.07) is 5.25. The van der Waals surface area contributed by atoms with Crippen LogP contribution < -0.4 is 5.32 Å². The summed E-state index contributed by atoms with van der Waals surface area (Å²) in [5, 5.41) is 7.46.